The van der Waals surface area contributed by atoms with E-state index in [-0.39, 0.29) is 10.3 Å². The molecule has 7 heteroatoms. The van der Waals surface area contributed by atoms with Crippen LogP contribution >= 0.6 is 27.7 Å². The molecular formula is C14H24BrN3O2S. The molecule has 0 atom stereocenters. The monoisotopic (exact) mass is 377 g/mol. The number of hydrogen-bond acceptors (Lipinski definition) is 5. The van der Waals surface area contributed by atoms with Crippen molar-refractivity contribution in [2.45, 2.75) is 38.0 Å². The molecule has 0 unspecified atom stereocenters. The summed E-state index contributed by atoms with van der Waals surface area (Å²) in [6.45, 7) is 6.11. The first-order chi connectivity index (χ1) is 10.0. The largest absolute Gasteiger partial charge is 0.383 e. The topological polar surface area (TPSA) is 56.1 Å². The third-order valence-corrected chi connectivity index (χ3v) is 6.17. The van der Waals surface area contributed by atoms with Crippen LogP contribution in [0.1, 0.15) is 26.7 Å². The van der Waals surface area contributed by atoms with Crippen LogP contribution in [0.4, 0.5) is 5.69 Å². The highest BCUT2D eigenvalue weighted by atomic mass is 79.9. The van der Waals surface area contributed by atoms with E-state index in [4.69, 9.17) is 4.74 Å². The van der Waals surface area contributed by atoms with Gasteiger partial charge in [-0.05, 0) is 35.0 Å². The van der Waals surface area contributed by atoms with Gasteiger partial charge in [-0.25, -0.2) is 4.68 Å². The van der Waals surface area contributed by atoms with E-state index in [9.17, 15) is 4.79 Å². The smallest absolute Gasteiger partial charge is 0.283 e. The van der Waals surface area contributed by atoms with E-state index in [0.717, 1.165) is 25.1 Å². The summed E-state index contributed by atoms with van der Waals surface area (Å²) in [5.41, 5.74) is 0.605. The zero-order valence-corrected chi connectivity index (χ0v) is 15.5. The molecule has 0 aliphatic heterocycles. The van der Waals surface area contributed by atoms with Gasteiger partial charge in [0.05, 0.1) is 25.0 Å². The second kappa shape index (κ2) is 8.80. The minimum Gasteiger partial charge on any atom is -0.383 e. The maximum absolute atomic E-state index is 12.2. The minimum atomic E-state index is -0.139. The Morgan fingerprint density at radius 2 is 2.14 bits per heavy atom. The van der Waals surface area contributed by atoms with Crippen LogP contribution in [0.2, 0.25) is 0 Å². The molecule has 1 heterocycles. The van der Waals surface area contributed by atoms with Gasteiger partial charge in [0, 0.05) is 18.4 Å². The first-order valence-corrected chi connectivity index (χ1v) is 9.09. The maximum atomic E-state index is 12.2. The lowest BCUT2D eigenvalue weighted by molar-refractivity contribution is 0.181. The molecule has 1 rings (SSSR count). The quantitative estimate of drug-likeness (QED) is 0.716. The molecule has 120 valence electrons. The van der Waals surface area contributed by atoms with Crippen molar-refractivity contribution in [2.24, 2.45) is 0 Å². The average Bonchev–Trinajstić information content (AvgIpc) is 2.52. The average molecular weight is 378 g/mol. The number of halogens is 1. The van der Waals surface area contributed by atoms with Crippen LogP contribution in [0.3, 0.4) is 0 Å². The van der Waals surface area contributed by atoms with Gasteiger partial charge in [-0.1, -0.05) is 13.8 Å². The van der Waals surface area contributed by atoms with Crippen molar-refractivity contribution in [3.63, 3.8) is 0 Å². The van der Waals surface area contributed by atoms with E-state index in [1.54, 1.807) is 13.3 Å². The summed E-state index contributed by atoms with van der Waals surface area (Å²) in [5, 5.41) is 7.54. The zero-order chi connectivity index (χ0) is 15.9. The van der Waals surface area contributed by atoms with Crippen molar-refractivity contribution in [3.05, 3.63) is 21.0 Å². The number of thioether (sulfide) groups is 1. The molecule has 0 aromatic carbocycles. The molecule has 0 saturated carbocycles. The van der Waals surface area contributed by atoms with Gasteiger partial charge in [-0.3, -0.25) is 4.79 Å². The van der Waals surface area contributed by atoms with Crippen molar-refractivity contribution >= 4 is 33.4 Å². The fourth-order valence-electron chi connectivity index (χ4n) is 2.04. The van der Waals surface area contributed by atoms with Gasteiger partial charge in [0.1, 0.15) is 4.47 Å². The van der Waals surface area contributed by atoms with E-state index in [1.807, 2.05) is 11.8 Å². The first kappa shape index (κ1) is 18.5. The number of methoxy groups -OCH3 is 1. The number of anilines is 1. The third-order valence-electron chi connectivity index (χ3n) is 3.81. The molecule has 0 aliphatic carbocycles. The Bertz CT molecular complexity index is 495. The Labute approximate surface area is 139 Å². The zero-order valence-electron chi connectivity index (χ0n) is 13.1. The van der Waals surface area contributed by atoms with Crippen LogP contribution in [0, 0.1) is 0 Å². The molecule has 0 bridgehead atoms. The molecule has 0 saturated heterocycles. The van der Waals surface area contributed by atoms with Gasteiger partial charge in [-0.15, -0.1) is 0 Å². The van der Waals surface area contributed by atoms with Gasteiger partial charge in [0.15, 0.2) is 0 Å². The molecule has 0 aliphatic rings. The molecule has 0 spiro atoms. The summed E-state index contributed by atoms with van der Waals surface area (Å²) in [4.78, 5) is 12.2. The van der Waals surface area contributed by atoms with Gasteiger partial charge >= 0.3 is 0 Å². The lowest BCUT2D eigenvalue weighted by Crippen LogP contribution is -2.33. The number of nitrogens with zero attached hydrogens (tertiary/aromatic N) is 2. The molecular weight excluding hydrogens is 354 g/mol. The Kier molecular flexibility index (Phi) is 7.76. The summed E-state index contributed by atoms with van der Waals surface area (Å²) in [6, 6.07) is 0. The van der Waals surface area contributed by atoms with Crippen molar-refractivity contribution in [1.29, 1.82) is 0 Å². The van der Waals surface area contributed by atoms with E-state index in [2.05, 4.69) is 46.4 Å². The van der Waals surface area contributed by atoms with Gasteiger partial charge < -0.3 is 10.1 Å². The van der Waals surface area contributed by atoms with E-state index in [0.29, 0.717) is 17.6 Å². The standard InChI is InChI=1S/C14H24BrN3O2S/c1-5-14(6-2,21-4)10-16-11-9-17-18(7-8-20-3)13(19)12(11)15/h9,16H,5-8,10H2,1-4H3. The number of nitrogens with one attached hydrogen (secondary N) is 1. The van der Waals surface area contributed by atoms with Crippen molar-refractivity contribution in [1.82, 2.24) is 9.78 Å². The van der Waals surface area contributed by atoms with Crippen LogP contribution in [0.25, 0.3) is 0 Å². The van der Waals surface area contributed by atoms with Crippen molar-refractivity contribution in [3.8, 4) is 0 Å². The Balaban J connectivity index is 2.86. The van der Waals surface area contributed by atoms with Gasteiger partial charge in [0.2, 0.25) is 0 Å². The van der Waals surface area contributed by atoms with Crippen LogP contribution in [0.15, 0.2) is 15.5 Å². The Hall–Kier alpha value is -0.530. The molecule has 1 aromatic rings. The fraction of sp³-hybridized carbons (Fsp3) is 0.714. The molecule has 0 amide bonds. The highest BCUT2D eigenvalue weighted by Gasteiger charge is 2.25. The molecule has 0 fully saturated rings. The molecule has 21 heavy (non-hydrogen) atoms. The summed E-state index contributed by atoms with van der Waals surface area (Å²) >= 11 is 5.24. The van der Waals surface area contributed by atoms with Crippen LogP contribution in [-0.2, 0) is 11.3 Å². The highest BCUT2D eigenvalue weighted by Crippen LogP contribution is 2.31. The molecule has 0 radical (unpaired) electrons. The summed E-state index contributed by atoms with van der Waals surface area (Å²) in [5.74, 6) is 0. The van der Waals surface area contributed by atoms with Crippen LogP contribution < -0.4 is 10.9 Å². The normalized spacial score (nSPS) is 11.7. The summed E-state index contributed by atoms with van der Waals surface area (Å²) in [7, 11) is 1.60. The van der Waals surface area contributed by atoms with Gasteiger partial charge in [0.25, 0.3) is 5.56 Å². The third kappa shape index (κ3) is 4.72. The number of ether oxygens (including phenoxy) is 1. The summed E-state index contributed by atoms with van der Waals surface area (Å²) < 4.78 is 7.09. The van der Waals surface area contributed by atoms with Crippen molar-refractivity contribution < 1.29 is 4.74 Å². The van der Waals surface area contributed by atoms with Gasteiger partial charge in [-0.2, -0.15) is 16.9 Å². The predicted molar refractivity (Wildman–Crippen MR) is 93.4 cm³/mol. The van der Waals surface area contributed by atoms with Crippen molar-refractivity contribution in [2.75, 3.05) is 31.8 Å². The number of hydrogen-bond donors (Lipinski definition) is 1. The SMILES string of the molecule is CCC(CC)(CNc1cnn(CCOC)c(=O)c1Br)SC. The highest BCUT2D eigenvalue weighted by molar-refractivity contribution is 9.10. The van der Waals surface area contributed by atoms with E-state index < -0.39 is 0 Å². The molecule has 1 N–H and O–H groups in total. The molecule has 5 nitrogen and oxygen atoms in total. The lowest BCUT2D eigenvalue weighted by atomic mass is 10.0. The van der Waals surface area contributed by atoms with E-state index in [1.165, 1.54) is 4.68 Å². The lowest BCUT2D eigenvalue weighted by Gasteiger charge is -2.30. The van der Waals surface area contributed by atoms with Crippen LogP contribution in [0.5, 0.6) is 0 Å². The Morgan fingerprint density at radius 3 is 2.67 bits per heavy atom. The molecule has 1 aromatic heterocycles. The second-order valence-corrected chi connectivity index (χ2v) is 6.91. The number of aromatic nitrogens is 2. The van der Waals surface area contributed by atoms with E-state index >= 15 is 0 Å². The fourth-order valence-corrected chi connectivity index (χ4v) is 3.28. The second-order valence-electron chi connectivity index (χ2n) is 4.84. The Morgan fingerprint density at radius 1 is 1.48 bits per heavy atom. The predicted octanol–water partition coefficient (Wildman–Crippen LogP) is 2.99. The first-order valence-electron chi connectivity index (χ1n) is 7.07. The number of rotatable bonds is 9. The van der Waals surface area contributed by atoms with Crippen LogP contribution in [-0.4, -0.2) is 41.0 Å². The maximum Gasteiger partial charge on any atom is 0.283 e. The summed E-state index contributed by atoms with van der Waals surface area (Å²) in [6.07, 6.45) is 5.98. The minimum absolute atomic E-state index is 0.139.